The maximum Gasteiger partial charge on any atom is 0.407 e. The van der Waals surface area contributed by atoms with Gasteiger partial charge in [-0.1, -0.05) is 6.07 Å². The third-order valence-electron chi connectivity index (χ3n) is 8.55. The van der Waals surface area contributed by atoms with E-state index in [1.54, 1.807) is 35.9 Å². The van der Waals surface area contributed by atoms with E-state index in [-0.39, 0.29) is 29.9 Å². The Hall–Kier alpha value is -3.97. The molecule has 1 unspecified atom stereocenters. The number of nitrogens with one attached hydrogen (secondary N) is 3. The Bertz CT molecular complexity index is 1410. The van der Waals surface area contributed by atoms with Crippen LogP contribution in [0.5, 0.6) is 0 Å². The molecule has 3 aliphatic rings. The molecule has 2 aromatic rings. The first-order valence-corrected chi connectivity index (χ1v) is 15.0. The molecule has 1 aliphatic heterocycles. The molecule has 1 aromatic carbocycles. The van der Waals surface area contributed by atoms with Gasteiger partial charge in [-0.2, -0.15) is 4.98 Å². The van der Waals surface area contributed by atoms with E-state index < -0.39 is 11.2 Å². The molecular weight excluding hydrogens is 552 g/mol. The van der Waals surface area contributed by atoms with Gasteiger partial charge in [-0.25, -0.2) is 14.4 Å². The number of nitrogens with two attached hydrogens (primary N) is 1. The number of hydrogen-bond acceptors (Lipinski definition) is 8. The molecule has 2 heterocycles. The maximum atomic E-state index is 12.9. The SMILES string of the molecule is COC(=O)N[C@H]1CC[C@H](NC2CCc3cc(-n4ccc(NC(=O)N5CCN(C(=O)C(C)(C)N)CC5)nc4=O)ccc3C2)C1. The number of carbonyl (C=O) groups excluding carboxylic acids is 3. The molecule has 4 amide bonds. The number of piperazine rings is 1. The third-order valence-corrected chi connectivity index (χ3v) is 8.55. The Morgan fingerprint density at radius 2 is 1.70 bits per heavy atom. The molecule has 0 spiro atoms. The van der Waals surface area contributed by atoms with E-state index >= 15 is 0 Å². The normalized spacial score (nSPS) is 22.1. The Labute approximate surface area is 251 Å². The van der Waals surface area contributed by atoms with Crippen molar-refractivity contribution in [2.24, 2.45) is 5.73 Å². The minimum atomic E-state index is -0.956. The number of anilines is 1. The van der Waals surface area contributed by atoms with Crippen molar-refractivity contribution in [1.82, 2.24) is 30.0 Å². The zero-order valence-corrected chi connectivity index (χ0v) is 25.1. The van der Waals surface area contributed by atoms with Crippen LogP contribution in [-0.4, -0.2) is 94.3 Å². The third kappa shape index (κ3) is 7.34. The van der Waals surface area contributed by atoms with E-state index in [4.69, 9.17) is 10.5 Å². The number of ether oxygens (including phenoxy) is 1. The van der Waals surface area contributed by atoms with Gasteiger partial charge in [-0.3, -0.25) is 14.7 Å². The highest BCUT2D eigenvalue weighted by atomic mass is 16.5. The van der Waals surface area contributed by atoms with Gasteiger partial charge in [-0.15, -0.1) is 0 Å². The molecule has 232 valence electrons. The number of hydrogen-bond donors (Lipinski definition) is 4. The second-order valence-electron chi connectivity index (χ2n) is 12.3. The summed E-state index contributed by atoms with van der Waals surface area (Å²) in [4.78, 5) is 57.0. The molecule has 5 N–H and O–H groups in total. The van der Waals surface area contributed by atoms with Crippen molar-refractivity contribution in [3.8, 4) is 5.69 Å². The first-order valence-electron chi connectivity index (χ1n) is 15.0. The number of alkyl carbamates (subject to hydrolysis) is 1. The molecule has 5 rings (SSSR count). The van der Waals surface area contributed by atoms with Crippen molar-refractivity contribution in [2.75, 3.05) is 38.6 Å². The van der Waals surface area contributed by atoms with Crippen LogP contribution in [0.15, 0.2) is 35.3 Å². The molecular formula is C30H42N8O5. The largest absolute Gasteiger partial charge is 0.453 e. The number of nitrogens with zero attached hydrogens (tertiary/aromatic N) is 4. The summed E-state index contributed by atoms with van der Waals surface area (Å²) < 4.78 is 6.20. The highest BCUT2D eigenvalue weighted by molar-refractivity contribution is 5.89. The fourth-order valence-electron chi connectivity index (χ4n) is 6.23. The minimum Gasteiger partial charge on any atom is -0.453 e. The summed E-state index contributed by atoms with van der Waals surface area (Å²) in [7, 11) is 1.38. The number of rotatable bonds is 6. The Balaban J connectivity index is 1.14. The van der Waals surface area contributed by atoms with Crippen LogP contribution in [-0.2, 0) is 22.4 Å². The van der Waals surface area contributed by atoms with E-state index in [0.717, 1.165) is 44.2 Å². The lowest BCUT2D eigenvalue weighted by Gasteiger charge is -2.37. The molecule has 3 atom stereocenters. The monoisotopic (exact) mass is 594 g/mol. The lowest BCUT2D eigenvalue weighted by molar-refractivity contribution is -0.137. The predicted octanol–water partition coefficient (Wildman–Crippen LogP) is 1.37. The van der Waals surface area contributed by atoms with Crippen molar-refractivity contribution in [2.45, 2.75) is 76.0 Å². The highest BCUT2D eigenvalue weighted by Gasteiger charge is 2.32. The molecule has 43 heavy (non-hydrogen) atoms. The molecule has 13 heteroatoms. The van der Waals surface area contributed by atoms with Gasteiger partial charge >= 0.3 is 17.8 Å². The molecule has 1 saturated carbocycles. The quantitative estimate of drug-likeness (QED) is 0.390. The number of benzene rings is 1. The van der Waals surface area contributed by atoms with Crippen LogP contribution < -0.4 is 27.4 Å². The second kappa shape index (κ2) is 12.7. The van der Waals surface area contributed by atoms with Gasteiger partial charge < -0.3 is 30.9 Å². The molecule has 13 nitrogen and oxygen atoms in total. The number of fused-ring (bicyclic) bond motifs is 1. The lowest BCUT2D eigenvalue weighted by Crippen LogP contribution is -2.58. The van der Waals surface area contributed by atoms with Gasteiger partial charge in [0.2, 0.25) is 5.91 Å². The Morgan fingerprint density at radius 3 is 2.40 bits per heavy atom. The van der Waals surface area contributed by atoms with Crippen LogP contribution in [0, 0.1) is 0 Å². The fourth-order valence-corrected chi connectivity index (χ4v) is 6.23. The van der Waals surface area contributed by atoms with Crippen molar-refractivity contribution >= 4 is 23.8 Å². The molecule has 0 bridgehead atoms. The van der Waals surface area contributed by atoms with E-state index in [1.165, 1.54) is 22.8 Å². The van der Waals surface area contributed by atoms with Crippen LogP contribution >= 0.6 is 0 Å². The number of amides is 4. The van der Waals surface area contributed by atoms with Crippen LogP contribution in [0.2, 0.25) is 0 Å². The summed E-state index contributed by atoms with van der Waals surface area (Å²) in [5.41, 5.74) is 7.69. The van der Waals surface area contributed by atoms with Gasteiger partial charge in [0.25, 0.3) is 0 Å². The lowest BCUT2D eigenvalue weighted by atomic mass is 9.87. The van der Waals surface area contributed by atoms with Crippen LogP contribution in [0.3, 0.4) is 0 Å². The van der Waals surface area contributed by atoms with E-state index in [9.17, 15) is 19.2 Å². The van der Waals surface area contributed by atoms with Gasteiger partial charge in [0, 0.05) is 50.5 Å². The number of aromatic nitrogens is 2. The van der Waals surface area contributed by atoms with Gasteiger partial charge in [0.05, 0.1) is 18.3 Å². The number of methoxy groups -OCH3 is 1. The maximum absolute atomic E-state index is 12.9. The highest BCUT2D eigenvalue weighted by Crippen LogP contribution is 2.27. The molecule has 2 aliphatic carbocycles. The van der Waals surface area contributed by atoms with E-state index in [2.05, 4.69) is 27.0 Å². The smallest absolute Gasteiger partial charge is 0.407 e. The zero-order chi connectivity index (χ0) is 30.7. The van der Waals surface area contributed by atoms with Crippen molar-refractivity contribution < 1.29 is 19.1 Å². The summed E-state index contributed by atoms with van der Waals surface area (Å²) in [5, 5.41) is 9.38. The first-order chi connectivity index (χ1) is 20.5. The minimum absolute atomic E-state index is 0.145. The first kappa shape index (κ1) is 30.5. The zero-order valence-electron chi connectivity index (χ0n) is 25.1. The van der Waals surface area contributed by atoms with Crippen LogP contribution in [0.4, 0.5) is 15.4 Å². The fraction of sp³-hybridized carbons (Fsp3) is 0.567. The average molecular weight is 595 g/mol. The van der Waals surface area contributed by atoms with E-state index in [0.29, 0.717) is 38.3 Å². The number of urea groups is 1. The summed E-state index contributed by atoms with van der Waals surface area (Å²) in [6, 6.07) is 8.17. The van der Waals surface area contributed by atoms with Crippen molar-refractivity contribution in [1.29, 1.82) is 0 Å². The number of carbonyl (C=O) groups is 3. The average Bonchev–Trinajstić information content (AvgIpc) is 3.42. The van der Waals surface area contributed by atoms with Crippen molar-refractivity contribution in [3.05, 3.63) is 52.1 Å². The molecule has 1 aromatic heterocycles. The summed E-state index contributed by atoms with van der Waals surface area (Å²) in [6.07, 6.45) is 6.91. The van der Waals surface area contributed by atoms with Crippen LogP contribution in [0.25, 0.3) is 5.69 Å². The molecule has 0 radical (unpaired) electrons. The summed E-state index contributed by atoms with van der Waals surface area (Å²) in [6.45, 7) is 4.86. The van der Waals surface area contributed by atoms with Gasteiger partial charge in [0.15, 0.2) is 0 Å². The second-order valence-corrected chi connectivity index (χ2v) is 12.3. The molecule has 1 saturated heterocycles. The summed E-state index contributed by atoms with van der Waals surface area (Å²) in [5.74, 6) is 0.0285. The van der Waals surface area contributed by atoms with E-state index in [1.807, 2.05) is 12.1 Å². The van der Waals surface area contributed by atoms with Gasteiger partial charge in [-0.05, 0) is 81.7 Å². The standard InChI is InChI=1S/C30H42N8O5/c1-30(2,31)26(39)36-12-14-37(15-13-36)27(40)34-25-10-11-38(28(41)35-25)24-9-5-19-16-21(6-4-20(19)17-24)32-22-7-8-23(18-22)33-29(42)43-3/h5,9-11,17,21-23,32H,4,6-8,12-16,18,31H2,1-3H3,(H,33,42)(H,34,35,40,41)/t21?,22-,23-/m0/s1. The topological polar surface area (TPSA) is 164 Å². The summed E-state index contributed by atoms with van der Waals surface area (Å²) >= 11 is 0. The Kier molecular flexibility index (Phi) is 9.02. The predicted molar refractivity (Wildman–Crippen MR) is 161 cm³/mol. The molecule has 2 fully saturated rings. The Morgan fingerprint density at radius 1 is 0.977 bits per heavy atom. The van der Waals surface area contributed by atoms with Crippen molar-refractivity contribution in [3.63, 3.8) is 0 Å². The van der Waals surface area contributed by atoms with Gasteiger partial charge in [0.1, 0.15) is 5.82 Å². The number of aryl methyl sites for hydroxylation is 1. The van der Waals surface area contributed by atoms with Crippen LogP contribution in [0.1, 0.15) is 50.7 Å².